The lowest BCUT2D eigenvalue weighted by Gasteiger charge is -2.38. The summed E-state index contributed by atoms with van der Waals surface area (Å²) in [5, 5.41) is 11.3. The molecule has 0 heterocycles. The molecule has 4 rings (SSSR count). The molecule has 2 saturated carbocycles. The van der Waals surface area contributed by atoms with Crippen LogP contribution >= 0.6 is 11.6 Å². The van der Waals surface area contributed by atoms with Gasteiger partial charge in [0.15, 0.2) is 27.3 Å². The number of halogens is 4. The van der Waals surface area contributed by atoms with Crippen LogP contribution in [0.15, 0.2) is 35.2 Å². The SMILES string of the molecule is CO[C@@]1(CO)CC2C[C@H](C)C1[C@@H]2S(=O)(=O)c1cc(C(=O)Nc2cc(F)c(F)c(F)c2)ccc1Cl. The number of carbonyl (C=O) groups is 1. The van der Waals surface area contributed by atoms with Crippen molar-refractivity contribution in [2.45, 2.75) is 35.5 Å². The molecule has 5 atom stereocenters. The Morgan fingerprint density at radius 2 is 1.88 bits per heavy atom. The Bertz CT molecular complexity index is 1230. The van der Waals surface area contributed by atoms with Crippen molar-refractivity contribution >= 4 is 33.0 Å². The van der Waals surface area contributed by atoms with Gasteiger partial charge in [0.25, 0.3) is 5.91 Å². The predicted octanol–water partition coefficient (Wildman–Crippen LogP) is 4.21. The number of hydrogen-bond acceptors (Lipinski definition) is 5. The van der Waals surface area contributed by atoms with Crippen LogP contribution in [-0.4, -0.2) is 44.0 Å². The van der Waals surface area contributed by atoms with Crippen LogP contribution in [-0.2, 0) is 14.6 Å². The van der Waals surface area contributed by atoms with Crippen molar-refractivity contribution in [1.82, 2.24) is 0 Å². The van der Waals surface area contributed by atoms with Gasteiger partial charge in [-0.25, -0.2) is 21.6 Å². The number of fused-ring (bicyclic) bond motifs is 2. The molecule has 0 radical (unpaired) electrons. The zero-order valence-corrected chi connectivity index (χ0v) is 19.9. The molecule has 6 nitrogen and oxygen atoms in total. The first-order valence-corrected chi connectivity index (χ1v) is 12.5. The fourth-order valence-electron chi connectivity index (χ4n) is 5.71. The highest BCUT2D eigenvalue weighted by molar-refractivity contribution is 7.92. The smallest absolute Gasteiger partial charge is 0.255 e. The van der Waals surface area contributed by atoms with Gasteiger partial charge in [0, 0.05) is 36.4 Å². The van der Waals surface area contributed by atoms with Gasteiger partial charge < -0.3 is 15.2 Å². The van der Waals surface area contributed by atoms with E-state index in [1.807, 2.05) is 6.92 Å². The van der Waals surface area contributed by atoms with Crippen molar-refractivity contribution in [3.63, 3.8) is 0 Å². The number of aliphatic hydroxyl groups is 1. The number of ether oxygens (including phenoxy) is 1. The number of nitrogens with one attached hydrogen (secondary N) is 1. The summed E-state index contributed by atoms with van der Waals surface area (Å²) in [4.78, 5) is 12.4. The van der Waals surface area contributed by atoms with Gasteiger partial charge in [-0.1, -0.05) is 18.5 Å². The van der Waals surface area contributed by atoms with Crippen LogP contribution in [0.2, 0.25) is 5.02 Å². The molecule has 11 heteroatoms. The molecule has 2 fully saturated rings. The van der Waals surface area contributed by atoms with E-state index in [-0.39, 0.29) is 39.6 Å². The summed E-state index contributed by atoms with van der Waals surface area (Å²) in [6.45, 7) is 1.60. The Labute approximate surface area is 200 Å². The van der Waals surface area contributed by atoms with Gasteiger partial charge in [-0.2, -0.15) is 0 Å². The van der Waals surface area contributed by atoms with E-state index in [2.05, 4.69) is 5.32 Å². The molecule has 2 aromatic rings. The van der Waals surface area contributed by atoms with Crippen molar-refractivity contribution in [3.05, 3.63) is 58.4 Å². The second-order valence-electron chi connectivity index (χ2n) is 8.99. The lowest BCUT2D eigenvalue weighted by atomic mass is 9.78. The summed E-state index contributed by atoms with van der Waals surface area (Å²) in [6, 6.07) is 4.86. The van der Waals surface area contributed by atoms with E-state index in [9.17, 15) is 31.5 Å². The van der Waals surface area contributed by atoms with Crippen molar-refractivity contribution in [3.8, 4) is 0 Å². The molecule has 0 aliphatic heterocycles. The number of rotatable bonds is 6. The third-order valence-electron chi connectivity index (χ3n) is 7.10. The normalized spacial score (nSPS) is 28.3. The maximum Gasteiger partial charge on any atom is 0.255 e. The Morgan fingerprint density at radius 3 is 2.47 bits per heavy atom. The zero-order valence-electron chi connectivity index (χ0n) is 18.3. The molecule has 2 unspecified atom stereocenters. The summed E-state index contributed by atoms with van der Waals surface area (Å²) in [5.74, 6) is -6.22. The molecular formula is C23H23ClF3NO5S. The first-order chi connectivity index (χ1) is 15.9. The molecule has 34 heavy (non-hydrogen) atoms. The third kappa shape index (κ3) is 3.90. The number of methoxy groups -OCH3 is 1. The lowest BCUT2D eigenvalue weighted by Crippen LogP contribution is -2.46. The highest BCUT2D eigenvalue weighted by Crippen LogP contribution is 2.58. The minimum Gasteiger partial charge on any atom is -0.393 e. The minimum atomic E-state index is -4.05. The number of amides is 1. The van der Waals surface area contributed by atoms with Gasteiger partial charge in [0.2, 0.25) is 0 Å². The summed E-state index contributed by atoms with van der Waals surface area (Å²) >= 11 is 6.24. The Kier molecular flexibility index (Phi) is 6.48. The van der Waals surface area contributed by atoms with Crippen molar-refractivity contribution in [1.29, 1.82) is 0 Å². The monoisotopic (exact) mass is 517 g/mol. The fourth-order valence-corrected chi connectivity index (χ4v) is 8.69. The van der Waals surface area contributed by atoms with Gasteiger partial charge in [-0.15, -0.1) is 0 Å². The lowest BCUT2D eigenvalue weighted by molar-refractivity contribution is -0.101. The molecule has 0 spiro atoms. The van der Waals surface area contributed by atoms with E-state index in [0.29, 0.717) is 25.0 Å². The number of aliphatic hydroxyl groups excluding tert-OH is 1. The van der Waals surface area contributed by atoms with Gasteiger partial charge >= 0.3 is 0 Å². The number of benzene rings is 2. The molecule has 2 aliphatic rings. The van der Waals surface area contributed by atoms with E-state index in [1.54, 1.807) is 0 Å². The van der Waals surface area contributed by atoms with Gasteiger partial charge in [0.05, 0.1) is 27.4 Å². The standard InChI is InChI=1S/C23H23ClF3NO5S/c1-11-5-13-9-23(10-29,33-2)19(11)21(13)34(31,32)18-6-12(3-4-15(18)24)22(30)28-14-7-16(25)20(27)17(26)8-14/h3-4,6-8,11,13,19,21,29H,5,9-10H2,1-2H3,(H,28,30)/t11-,13?,19?,21+,23+/m0/s1. The highest BCUT2D eigenvalue weighted by atomic mass is 35.5. The van der Waals surface area contributed by atoms with Gasteiger partial charge in [-0.05, 0) is 42.9 Å². The van der Waals surface area contributed by atoms with E-state index >= 15 is 0 Å². The van der Waals surface area contributed by atoms with Crippen LogP contribution in [0.4, 0.5) is 18.9 Å². The largest absolute Gasteiger partial charge is 0.393 e. The molecule has 2 N–H and O–H groups in total. The molecule has 2 bridgehead atoms. The summed E-state index contributed by atoms with van der Waals surface area (Å²) in [5.41, 5.74) is -1.43. The van der Waals surface area contributed by atoms with E-state index in [4.69, 9.17) is 16.3 Å². The number of carbonyl (C=O) groups excluding carboxylic acids is 1. The second kappa shape index (κ2) is 8.82. The Morgan fingerprint density at radius 1 is 1.24 bits per heavy atom. The highest BCUT2D eigenvalue weighted by Gasteiger charge is 2.64. The predicted molar refractivity (Wildman–Crippen MR) is 119 cm³/mol. The third-order valence-corrected chi connectivity index (χ3v) is 9.88. The van der Waals surface area contributed by atoms with Gasteiger partial charge in [0.1, 0.15) is 0 Å². The molecule has 2 aliphatic carbocycles. The number of hydrogen-bond donors (Lipinski definition) is 2. The average Bonchev–Trinajstić information content (AvgIpc) is 3.30. The van der Waals surface area contributed by atoms with E-state index in [1.165, 1.54) is 19.2 Å². The first-order valence-electron chi connectivity index (χ1n) is 10.6. The molecule has 0 aromatic heterocycles. The molecule has 0 saturated heterocycles. The van der Waals surface area contributed by atoms with E-state index < -0.39 is 50.0 Å². The quantitative estimate of drug-likeness (QED) is 0.560. The van der Waals surface area contributed by atoms with Crippen LogP contribution in [0.25, 0.3) is 0 Å². The van der Waals surface area contributed by atoms with Gasteiger partial charge in [-0.3, -0.25) is 4.79 Å². The summed E-state index contributed by atoms with van der Waals surface area (Å²) < 4.78 is 73.2. The van der Waals surface area contributed by atoms with Crippen LogP contribution in [0.5, 0.6) is 0 Å². The summed E-state index contributed by atoms with van der Waals surface area (Å²) in [7, 11) is -2.60. The Hall–Kier alpha value is -2.14. The number of anilines is 1. The molecule has 2 aromatic carbocycles. The maximum absolute atomic E-state index is 13.7. The van der Waals surface area contributed by atoms with E-state index in [0.717, 1.165) is 6.07 Å². The zero-order chi connectivity index (χ0) is 25.0. The number of sulfone groups is 1. The molecule has 1 amide bonds. The maximum atomic E-state index is 13.7. The van der Waals surface area contributed by atoms with Crippen molar-refractivity contribution < 1.29 is 36.2 Å². The molecule has 184 valence electrons. The first kappa shape index (κ1) is 25.0. The van der Waals surface area contributed by atoms with Crippen LogP contribution in [0.3, 0.4) is 0 Å². The fraction of sp³-hybridized carbons (Fsp3) is 0.435. The van der Waals surface area contributed by atoms with Crippen LogP contribution in [0, 0.1) is 35.2 Å². The van der Waals surface area contributed by atoms with Crippen LogP contribution in [0.1, 0.15) is 30.1 Å². The average molecular weight is 518 g/mol. The summed E-state index contributed by atoms with van der Waals surface area (Å²) in [6.07, 6.45) is 1.04. The van der Waals surface area contributed by atoms with Crippen molar-refractivity contribution in [2.75, 3.05) is 19.0 Å². The minimum absolute atomic E-state index is 0.0147. The molecular weight excluding hydrogens is 495 g/mol. The van der Waals surface area contributed by atoms with Crippen LogP contribution < -0.4 is 5.32 Å². The van der Waals surface area contributed by atoms with Crippen molar-refractivity contribution in [2.24, 2.45) is 17.8 Å². The topological polar surface area (TPSA) is 92.7 Å². The second-order valence-corrected chi connectivity index (χ2v) is 11.5. The Balaban J connectivity index is 1.68.